The number of aliphatic carboxylic acids is 1. The number of hydrogen-bond acceptors (Lipinski definition) is 5. The molecule has 2 aromatic carbocycles. The molecule has 8 nitrogen and oxygen atoms in total. The average Bonchev–Trinajstić information content (AvgIpc) is 2.59. The number of sulfonamides is 1. The van der Waals surface area contributed by atoms with Crippen LogP contribution in [-0.2, 0) is 14.8 Å². The van der Waals surface area contributed by atoms with Gasteiger partial charge in [0, 0.05) is 5.56 Å². The van der Waals surface area contributed by atoms with Crippen molar-refractivity contribution >= 4 is 21.9 Å². The Morgan fingerprint density at radius 1 is 1.00 bits per heavy atom. The van der Waals surface area contributed by atoms with Crippen LogP contribution in [-0.4, -0.2) is 32.0 Å². The number of hydrogen-bond donors (Lipinski definition) is 3. The zero-order valence-electron chi connectivity index (χ0n) is 12.3. The lowest BCUT2D eigenvalue weighted by atomic mass is 10.2. The molecule has 3 N–H and O–H groups in total. The van der Waals surface area contributed by atoms with Gasteiger partial charge in [-0.05, 0) is 36.4 Å². The highest BCUT2D eigenvalue weighted by Gasteiger charge is 2.15. The Morgan fingerprint density at radius 3 is 2.21 bits per heavy atom. The van der Waals surface area contributed by atoms with Crippen LogP contribution in [0.15, 0.2) is 59.5 Å². The summed E-state index contributed by atoms with van der Waals surface area (Å²) >= 11 is 0. The molecule has 0 aliphatic heterocycles. The minimum Gasteiger partial charge on any atom is -0.482 e. The second-order valence-corrected chi connectivity index (χ2v) is 6.26. The summed E-state index contributed by atoms with van der Waals surface area (Å²) in [7, 11) is -3.97. The van der Waals surface area contributed by atoms with Crippen molar-refractivity contribution in [1.29, 1.82) is 0 Å². The monoisotopic (exact) mass is 350 g/mol. The van der Waals surface area contributed by atoms with Crippen LogP contribution in [0.1, 0.15) is 10.4 Å². The fraction of sp³-hybridized carbons (Fsp3) is 0.0667. The van der Waals surface area contributed by atoms with Gasteiger partial charge in [-0.2, -0.15) is 0 Å². The second-order valence-electron chi connectivity index (χ2n) is 4.58. The molecular formula is C15H14N2O6S. The number of nitrogens with one attached hydrogen (secondary N) is 2. The molecule has 0 spiro atoms. The number of amides is 1. The summed E-state index contributed by atoms with van der Waals surface area (Å²) in [6.45, 7) is -0.530. The quantitative estimate of drug-likeness (QED) is 0.634. The molecule has 0 radical (unpaired) electrons. The molecule has 24 heavy (non-hydrogen) atoms. The lowest BCUT2D eigenvalue weighted by molar-refractivity contribution is -0.139. The maximum atomic E-state index is 12.1. The van der Waals surface area contributed by atoms with E-state index < -0.39 is 28.5 Å². The van der Waals surface area contributed by atoms with Crippen molar-refractivity contribution < 1.29 is 27.9 Å². The van der Waals surface area contributed by atoms with E-state index in [9.17, 15) is 18.0 Å². The first-order chi connectivity index (χ1) is 11.4. The van der Waals surface area contributed by atoms with E-state index in [4.69, 9.17) is 9.84 Å². The molecule has 9 heteroatoms. The summed E-state index contributed by atoms with van der Waals surface area (Å²) < 4.78 is 29.1. The summed E-state index contributed by atoms with van der Waals surface area (Å²) in [5.41, 5.74) is 2.41. The Labute approximate surface area is 138 Å². The summed E-state index contributed by atoms with van der Waals surface area (Å²) in [6.07, 6.45) is 0. The molecule has 126 valence electrons. The van der Waals surface area contributed by atoms with Crippen LogP contribution in [0.3, 0.4) is 0 Å². The van der Waals surface area contributed by atoms with Crippen molar-refractivity contribution in [3.8, 4) is 5.75 Å². The molecule has 0 fully saturated rings. The maximum Gasteiger partial charge on any atom is 0.341 e. The number of carbonyl (C=O) groups is 2. The summed E-state index contributed by atoms with van der Waals surface area (Å²) in [5.74, 6) is -1.53. The molecule has 0 aromatic heterocycles. The van der Waals surface area contributed by atoms with Crippen LogP contribution in [0.4, 0.5) is 0 Å². The first-order valence-corrected chi connectivity index (χ1v) is 8.19. The molecule has 0 bridgehead atoms. The predicted octanol–water partition coefficient (Wildman–Crippen LogP) is 0.773. The zero-order valence-corrected chi connectivity index (χ0v) is 13.1. The molecular weight excluding hydrogens is 336 g/mol. The predicted molar refractivity (Wildman–Crippen MR) is 83.8 cm³/mol. The lowest BCUT2D eigenvalue weighted by Crippen LogP contribution is -2.41. The van der Waals surface area contributed by atoms with Crippen LogP contribution in [0.5, 0.6) is 5.75 Å². The molecule has 0 saturated heterocycles. The van der Waals surface area contributed by atoms with Gasteiger partial charge in [0.2, 0.25) is 0 Å². The summed E-state index contributed by atoms with van der Waals surface area (Å²) in [5, 5.41) is 8.50. The van der Waals surface area contributed by atoms with E-state index in [0.29, 0.717) is 5.56 Å². The largest absolute Gasteiger partial charge is 0.482 e. The van der Waals surface area contributed by atoms with E-state index in [1.54, 1.807) is 18.2 Å². The number of rotatable bonds is 7. The topological polar surface area (TPSA) is 122 Å². The Balaban J connectivity index is 1.99. The van der Waals surface area contributed by atoms with Gasteiger partial charge in [0.15, 0.2) is 6.61 Å². The first-order valence-electron chi connectivity index (χ1n) is 6.70. The van der Waals surface area contributed by atoms with E-state index in [1.165, 1.54) is 36.4 Å². The molecule has 2 rings (SSSR count). The number of carboxylic acid groups (broad SMARTS) is 1. The fourth-order valence-electron chi connectivity index (χ4n) is 1.69. The number of ether oxygens (including phenoxy) is 1. The summed E-state index contributed by atoms with van der Waals surface area (Å²) in [6, 6.07) is 13.2. The van der Waals surface area contributed by atoms with Gasteiger partial charge in [0.1, 0.15) is 5.75 Å². The minimum atomic E-state index is -3.97. The Morgan fingerprint density at radius 2 is 1.62 bits per heavy atom. The normalized spacial score (nSPS) is 10.8. The van der Waals surface area contributed by atoms with Crippen molar-refractivity contribution in [2.75, 3.05) is 6.61 Å². The molecule has 0 unspecified atom stereocenters. The van der Waals surface area contributed by atoms with Crippen LogP contribution < -0.4 is 15.0 Å². The van der Waals surface area contributed by atoms with Gasteiger partial charge < -0.3 is 9.84 Å². The van der Waals surface area contributed by atoms with E-state index in [0.717, 1.165) is 0 Å². The zero-order chi connectivity index (χ0) is 17.6. The van der Waals surface area contributed by atoms with Gasteiger partial charge in [0.05, 0.1) is 4.90 Å². The average molecular weight is 350 g/mol. The molecule has 2 aromatic rings. The highest BCUT2D eigenvalue weighted by atomic mass is 32.2. The highest BCUT2D eigenvalue weighted by Crippen LogP contribution is 2.15. The number of hydrazine groups is 1. The Kier molecular flexibility index (Phi) is 5.51. The summed E-state index contributed by atoms with van der Waals surface area (Å²) in [4.78, 5) is 24.1. The van der Waals surface area contributed by atoms with Gasteiger partial charge in [-0.1, -0.05) is 18.2 Å². The fourth-order valence-corrected chi connectivity index (χ4v) is 2.53. The number of carbonyl (C=O) groups excluding carboxylic acids is 1. The molecule has 0 saturated carbocycles. The van der Waals surface area contributed by atoms with Gasteiger partial charge in [-0.3, -0.25) is 10.2 Å². The lowest BCUT2D eigenvalue weighted by Gasteiger charge is -2.09. The third-order valence-electron chi connectivity index (χ3n) is 2.83. The molecule has 0 aliphatic carbocycles. The first kappa shape index (κ1) is 17.4. The van der Waals surface area contributed by atoms with Crippen molar-refractivity contribution in [2.24, 2.45) is 0 Å². The highest BCUT2D eigenvalue weighted by molar-refractivity contribution is 7.89. The van der Waals surface area contributed by atoms with E-state index >= 15 is 0 Å². The van der Waals surface area contributed by atoms with Crippen LogP contribution >= 0.6 is 0 Å². The second kappa shape index (κ2) is 7.57. The van der Waals surface area contributed by atoms with Crippen molar-refractivity contribution in [1.82, 2.24) is 10.3 Å². The van der Waals surface area contributed by atoms with Crippen LogP contribution in [0.25, 0.3) is 0 Å². The van der Waals surface area contributed by atoms with E-state index in [2.05, 4.69) is 5.43 Å². The Hall–Kier alpha value is -2.91. The smallest absolute Gasteiger partial charge is 0.341 e. The van der Waals surface area contributed by atoms with Gasteiger partial charge in [-0.15, -0.1) is 4.83 Å². The molecule has 0 aliphatic rings. The van der Waals surface area contributed by atoms with Crippen LogP contribution in [0, 0.1) is 0 Å². The van der Waals surface area contributed by atoms with Crippen molar-refractivity contribution in [3.63, 3.8) is 0 Å². The van der Waals surface area contributed by atoms with E-state index in [-0.39, 0.29) is 10.6 Å². The van der Waals surface area contributed by atoms with Gasteiger partial charge in [-0.25, -0.2) is 13.2 Å². The standard InChI is InChI=1S/C15H14N2O6S/c18-14(19)10-23-12-6-8-13(9-7-12)24(21,22)17-16-15(20)11-4-2-1-3-5-11/h1-9,17H,10H2,(H,16,20)(H,18,19). The molecule has 0 heterocycles. The maximum absolute atomic E-state index is 12.1. The third kappa shape index (κ3) is 4.80. The van der Waals surface area contributed by atoms with Gasteiger partial charge in [0.25, 0.3) is 15.9 Å². The molecule has 0 atom stereocenters. The molecule has 1 amide bonds. The third-order valence-corrected chi connectivity index (χ3v) is 4.09. The minimum absolute atomic E-state index is 0.112. The number of carboxylic acids is 1. The van der Waals surface area contributed by atoms with Gasteiger partial charge >= 0.3 is 5.97 Å². The van der Waals surface area contributed by atoms with Crippen LogP contribution in [0.2, 0.25) is 0 Å². The number of benzene rings is 2. The van der Waals surface area contributed by atoms with Crippen molar-refractivity contribution in [3.05, 3.63) is 60.2 Å². The van der Waals surface area contributed by atoms with E-state index in [1.807, 2.05) is 4.83 Å². The SMILES string of the molecule is O=C(O)COc1ccc(S(=O)(=O)NNC(=O)c2ccccc2)cc1. The van der Waals surface area contributed by atoms with Crippen molar-refractivity contribution in [2.45, 2.75) is 4.90 Å². The Bertz CT molecular complexity index is 819.